The maximum absolute atomic E-state index is 11.9. The Labute approximate surface area is 155 Å². The van der Waals surface area contributed by atoms with E-state index in [1.54, 1.807) is 16.0 Å². The average molecular weight is 395 g/mol. The van der Waals surface area contributed by atoms with Crippen LogP contribution in [0.25, 0.3) is 5.65 Å². The van der Waals surface area contributed by atoms with Crippen LogP contribution >= 0.6 is 23.6 Å². The Bertz CT molecular complexity index is 1040. The molecular weight excluding hydrogens is 376 g/mol. The van der Waals surface area contributed by atoms with Crippen molar-refractivity contribution in [2.24, 2.45) is 0 Å². The highest BCUT2D eigenvalue weighted by Crippen LogP contribution is 2.22. The maximum Gasteiger partial charge on any atom is 0.203 e. The van der Waals surface area contributed by atoms with E-state index in [4.69, 9.17) is 12.2 Å². The number of rotatable bonds is 5. The van der Waals surface area contributed by atoms with E-state index in [0.29, 0.717) is 24.4 Å². The summed E-state index contributed by atoms with van der Waals surface area (Å²) in [6, 6.07) is 9.84. The van der Waals surface area contributed by atoms with Crippen molar-refractivity contribution in [3.63, 3.8) is 0 Å². The van der Waals surface area contributed by atoms with Crippen LogP contribution in [0.5, 0.6) is 0 Å². The van der Waals surface area contributed by atoms with E-state index in [2.05, 4.69) is 16.1 Å². The fourth-order valence-electron chi connectivity index (χ4n) is 3.19. The van der Waals surface area contributed by atoms with Crippen LogP contribution in [0.4, 0.5) is 0 Å². The molecule has 1 saturated heterocycles. The molecule has 0 aliphatic carbocycles. The first-order valence-corrected chi connectivity index (χ1v) is 11.1. The first-order valence-electron chi connectivity index (χ1n) is 8.03. The molecule has 1 aliphatic heterocycles. The zero-order valence-electron chi connectivity index (χ0n) is 13.5. The Hall–Kier alpha value is -1.55. The van der Waals surface area contributed by atoms with E-state index >= 15 is 0 Å². The summed E-state index contributed by atoms with van der Waals surface area (Å²) < 4.78 is 28.1. The van der Waals surface area contributed by atoms with E-state index < -0.39 is 9.84 Å². The fraction of sp³-hybridized carbons (Fsp3) is 0.375. The van der Waals surface area contributed by atoms with Crippen LogP contribution in [0.3, 0.4) is 0 Å². The lowest BCUT2D eigenvalue weighted by Gasteiger charge is -2.27. The number of thiophene rings is 1. The maximum atomic E-state index is 11.9. The molecule has 0 aromatic carbocycles. The quantitative estimate of drug-likeness (QED) is 0.623. The molecule has 0 radical (unpaired) electrons. The molecule has 0 saturated carbocycles. The monoisotopic (exact) mass is 394 g/mol. The summed E-state index contributed by atoms with van der Waals surface area (Å²) in [5.74, 6) is 0.467. The Balaban J connectivity index is 1.65. The van der Waals surface area contributed by atoms with Gasteiger partial charge in [0.25, 0.3) is 0 Å². The summed E-state index contributed by atoms with van der Waals surface area (Å²) in [4.78, 5) is 3.39. The minimum Gasteiger partial charge on any atom is -0.275 e. The molecule has 0 amide bonds. The van der Waals surface area contributed by atoms with E-state index in [9.17, 15) is 8.42 Å². The molecule has 6 nitrogen and oxygen atoms in total. The van der Waals surface area contributed by atoms with Crippen molar-refractivity contribution in [2.45, 2.75) is 25.7 Å². The van der Waals surface area contributed by atoms with Crippen molar-refractivity contribution >= 4 is 39.0 Å². The first-order chi connectivity index (χ1) is 12.0. The molecule has 0 N–H and O–H groups in total. The third-order valence-electron chi connectivity index (χ3n) is 4.47. The highest BCUT2D eigenvalue weighted by molar-refractivity contribution is 7.91. The molecule has 0 spiro atoms. The van der Waals surface area contributed by atoms with Gasteiger partial charge < -0.3 is 0 Å². The molecule has 1 fully saturated rings. The van der Waals surface area contributed by atoms with Gasteiger partial charge in [0.1, 0.15) is 0 Å². The van der Waals surface area contributed by atoms with Crippen molar-refractivity contribution in [1.29, 1.82) is 0 Å². The van der Waals surface area contributed by atoms with Gasteiger partial charge in [0.15, 0.2) is 15.5 Å². The van der Waals surface area contributed by atoms with E-state index in [1.807, 2.05) is 40.2 Å². The predicted octanol–water partition coefficient (Wildman–Crippen LogP) is 2.57. The second kappa shape index (κ2) is 6.64. The van der Waals surface area contributed by atoms with Gasteiger partial charge in [-0.05, 0) is 42.2 Å². The molecule has 3 aromatic rings. The first kappa shape index (κ1) is 16.9. The van der Waals surface area contributed by atoms with Gasteiger partial charge in [-0.15, -0.1) is 11.3 Å². The second-order valence-electron chi connectivity index (χ2n) is 6.24. The van der Waals surface area contributed by atoms with Crippen molar-refractivity contribution in [1.82, 2.24) is 19.1 Å². The van der Waals surface area contributed by atoms with Crippen LogP contribution in [0.1, 0.15) is 11.3 Å². The summed E-state index contributed by atoms with van der Waals surface area (Å²) in [7, 11) is -2.95. The van der Waals surface area contributed by atoms with Crippen molar-refractivity contribution in [3.05, 3.63) is 51.6 Å². The summed E-state index contributed by atoms with van der Waals surface area (Å²) in [5.41, 5.74) is 0.794. The molecule has 1 unspecified atom stereocenters. The number of aromatic nitrogens is 3. The molecule has 1 atom stereocenters. The second-order valence-corrected chi connectivity index (χ2v) is 9.86. The minimum absolute atomic E-state index is 0.00110. The lowest BCUT2D eigenvalue weighted by Crippen LogP contribution is -2.37. The van der Waals surface area contributed by atoms with Gasteiger partial charge in [-0.3, -0.25) is 9.30 Å². The van der Waals surface area contributed by atoms with E-state index in [1.165, 1.54) is 4.88 Å². The molecule has 1 aliphatic rings. The minimum atomic E-state index is -2.95. The largest absolute Gasteiger partial charge is 0.275 e. The number of fused-ring (bicyclic) bond motifs is 1. The highest BCUT2D eigenvalue weighted by atomic mass is 32.2. The Morgan fingerprint density at radius 2 is 2.20 bits per heavy atom. The summed E-state index contributed by atoms with van der Waals surface area (Å²) in [6.07, 6.45) is 2.55. The van der Waals surface area contributed by atoms with Gasteiger partial charge in [-0.25, -0.2) is 13.1 Å². The normalized spacial score (nSPS) is 19.8. The molecule has 4 rings (SSSR count). The van der Waals surface area contributed by atoms with Crippen LogP contribution in [-0.2, 0) is 23.1 Å². The topological polar surface area (TPSA) is 59.6 Å². The third-order valence-corrected chi connectivity index (χ3v) is 7.49. The average Bonchev–Trinajstić information content (AvgIpc) is 3.28. The lowest BCUT2D eigenvalue weighted by atomic mass is 10.2. The zero-order chi connectivity index (χ0) is 17.4. The van der Waals surface area contributed by atoms with Gasteiger partial charge in [-0.2, -0.15) is 5.10 Å². The van der Waals surface area contributed by atoms with Gasteiger partial charge >= 0.3 is 0 Å². The van der Waals surface area contributed by atoms with Gasteiger partial charge in [0, 0.05) is 23.7 Å². The summed E-state index contributed by atoms with van der Waals surface area (Å²) in [5, 5.41) is 6.61. The fourth-order valence-corrected chi connectivity index (χ4v) is 5.94. The van der Waals surface area contributed by atoms with Crippen molar-refractivity contribution < 1.29 is 8.42 Å². The zero-order valence-corrected chi connectivity index (χ0v) is 15.9. The number of hydrogen-bond acceptors (Lipinski definition) is 6. The van der Waals surface area contributed by atoms with Crippen LogP contribution in [0, 0.1) is 4.77 Å². The van der Waals surface area contributed by atoms with Crippen LogP contribution in [0.15, 0.2) is 41.9 Å². The number of pyridine rings is 1. The lowest BCUT2D eigenvalue weighted by molar-refractivity contribution is 0.148. The van der Waals surface area contributed by atoms with Crippen LogP contribution in [0.2, 0.25) is 0 Å². The smallest absolute Gasteiger partial charge is 0.203 e. The van der Waals surface area contributed by atoms with Crippen LogP contribution in [-0.4, -0.2) is 45.0 Å². The molecule has 0 bridgehead atoms. The highest BCUT2D eigenvalue weighted by Gasteiger charge is 2.32. The van der Waals surface area contributed by atoms with E-state index in [0.717, 1.165) is 5.65 Å². The Morgan fingerprint density at radius 1 is 1.32 bits per heavy atom. The van der Waals surface area contributed by atoms with Crippen molar-refractivity contribution in [3.8, 4) is 0 Å². The molecule has 9 heteroatoms. The van der Waals surface area contributed by atoms with Gasteiger partial charge in [-0.1, -0.05) is 12.1 Å². The summed E-state index contributed by atoms with van der Waals surface area (Å²) in [6.45, 7) is 1.19. The summed E-state index contributed by atoms with van der Waals surface area (Å²) >= 11 is 7.21. The van der Waals surface area contributed by atoms with Gasteiger partial charge in [0.2, 0.25) is 4.77 Å². The van der Waals surface area contributed by atoms with Gasteiger partial charge in [0.05, 0.1) is 18.2 Å². The molecule has 132 valence electrons. The number of hydrogen-bond donors (Lipinski definition) is 0. The molecule has 3 aromatic heterocycles. The number of sulfone groups is 1. The third kappa shape index (κ3) is 3.55. The van der Waals surface area contributed by atoms with E-state index in [-0.39, 0.29) is 17.5 Å². The molecule has 25 heavy (non-hydrogen) atoms. The Morgan fingerprint density at radius 3 is 2.88 bits per heavy atom. The molecule has 4 heterocycles. The standard InChI is InChI=1S/C16H18N4O2S3/c21-25(22)9-6-13(11-25)18(10-14-4-3-8-24-14)12-20-16(23)19-7-2-1-5-15(19)17-20/h1-5,7-8,13H,6,9-12H2. The van der Waals surface area contributed by atoms with Crippen LogP contribution < -0.4 is 0 Å². The van der Waals surface area contributed by atoms with Crippen molar-refractivity contribution in [2.75, 3.05) is 11.5 Å². The Kier molecular flexibility index (Phi) is 4.48. The SMILES string of the molecule is O=S1(=O)CCC(N(Cc2cccs2)Cn2nc3ccccn3c2=S)C1. The predicted molar refractivity (Wildman–Crippen MR) is 101 cm³/mol. The molecular formula is C16H18N4O2S3. The number of nitrogens with zero attached hydrogens (tertiary/aromatic N) is 4.